The second kappa shape index (κ2) is 6.06. The van der Waals surface area contributed by atoms with Gasteiger partial charge in [-0.1, -0.05) is 6.08 Å². The van der Waals surface area contributed by atoms with E-state index in [4.69, 9.17) is 17.2 Å². The first-order chi connectivity index (χ1) is 11.6. The summed E-state index contributed by atoms with van der Waals surface area (Å²) in [7, 11) is 0. The van der Waals surface area contributed by atoms with Crippen LogP contribution in [-0.4, -0.2) is 40.6 Å². The predicted octanol–water partition coefficient (Wildman–Crippen LogP) is 1.93. The maximum atomic E-state index is 12.6. The molecule has 5 nitrogen and oxygen atoms in total. The minimum absolute atomic E-state index is 0.157. The van der Waals surface area contributed by atoms with Gasteiger partial charge in [0.15, 0.2) is 11.0 Å². The van der Waals surface area contributed by atoms with Crippen molar-refractivity contribution in [1.29, 1.82) is 0 Å². The van der Waals surface area contributed by atoms with Crippen LogP contribution in [0.15, 0.2) is 17.6 Å². The zero-order valence-corrected chi connectivity index (χ0v) is 14.5. The Morgan fingerprint density at radius 1 is 1.17 bits per heavy atom. The Kier molecular flexibility index (Phi) is 4.03. The van der Waals surface area contributed by atoms with Gasteiger partial charge in [-0.2, -0.15) is 0 Å². The molecule has 2 amide bonds. The Morgan fingerprint density at radius 3 is 2.38 bits per heavy atom. The van der Waals surface area contributed by atoms with Crippen LogP contribution in [0.5, 0.6) is 0 Å². The summed E-state index contributed by atoms with van der Waals surface area (Å²) in [6.45, 7) is 3.94. The van der Waals surface area contributed by atoms with Crippen molar-refractivity contribution in [2.75, 3.05) is 6.54 Å². The fourth-order valence-electron chi connectivity index (χ4n) is 5.39. The van der Waals surface area contributed by atoms with E-state index in [9.17, 15) is 9.59 Å². The van der Waals surface area contributed by atoms with Gasteiger partial charge in [-0.15, -0.1) is 6.58 Å². The van der Waals surface area contributed by atoms with Crippen molar-refractivity contribution in [2.24, 2.45) is 34.6 Å². The van der Waals surface area contributed by atoms with Crippen LogP contribution in [-0.2, 0) is 9.59 Å². The van der Waals surface area contributed by atoms with Gasteiger partial charge in [-0.3, -0.25) is 19.5 Å². The first-order valence-electron chi connectivity index (χ1n) is 8.87. The van der Waals surface area contributed by atoms with Crippen LogP contribution in [0.1, 0.15) is 32.1 Å². The lowest BCUT2D eigenvalue weighted by atomic mass is 9.54. The molecule has 128 valence electrons. The van der Waals surface area contributed by atoms with Crippen LogP contribution in [0.25, 0.3) is 0 Å². The van der Waals surface area contributed by atoms with Gasteiger partial charge < -0.3 is 5.32 Å². The van der Waals surface area contributed by atoms with Gasteiger partial charge in [0.05, 0.1) is 6.04 Å². The van der Waals surface area contributed by atoms with E-state index in [-0.39, 0.29) is 16.9 Å². The molecule has 0 aromatic heterocycles. The second-order valence-electron chi connectivity index (χ2n) is 7.73. The van der Waals surface area contributed by atoms with E-state index in [1.807, 2.05) is 0 Å². The SMILES string of the molecule is C=CCN1C(=O)[C@H](C=NC2C3CC4CC(C3)CC2C4)C(=O)NC1=S. The van der Waals surface area contributed by atoms with Gasteiger partial charge >= 0.3 is 0 Å². The highest BCUT2D eigenvalue weighted by atomic mass is 32.1. The summed E-state index contributed by atoms with van der Waals surface area (Å²) in [4.78, 5) is 30.9. The normalized spacial score (nSPS) is 41.2. The first-order valence-corrected chi connectivity index (χ1v) is 9.28. The molecule has 1 saturated heterocycles. The lowest BCUT2D eigenvalue weighted by Crippen LogP contribution is -2.58. The minimum Gasteiger partial charge on any atom is -0.302 e. The zero-order chi connectivity index (χ0) is 16.8. The molecular weight excluding hydrogens is 322 g/mol. The van der Waals surface area contributed by atoms with E-state index in [0.29, 0.717) is 24.4 Å². The van der Waals surface area contributed by atoms with Gasteiger partial charge in [0, 0.05) is 12.8 Å². The molecule has 1 N–H and O–H groups in total. The van der Waals surface area contributed by atoms with Crippen LogP contribution in [0.4, 0.5) is 0 Å². The van der Waals surface area contributed by atoms with Gasteiger partial charge in [-0.25, -0.2) is 0 Å². The van der Waals surface area contributed by atoms with Crippen LogP contribution in [0, 0.1) is 29.6 Å². The smallest absolute Gasteiger partial charge is 0.247 e. The Bertz CT molecular complexity index is 602. The van der Waals surface area contributed by atoms with Crippen molar-refractivity contribution in [1.82, 2.24) is 10.2 Å². The van der Waals surface area contributed by atoms with Crippen molar-refractivity contribution in [2.45, 2.75) is 38.1 Å². The minimum atomic E-state index is -0.867. The monoisotopic (exact) mass is 345 g/mol. The number of amides is 2. The van der Waals surface area contributed by atoms with E-state index < -0.39 is 5.92 Å². The molecule has 4 saturated carbocycles. The predicted molar refractivity (Wildman–Crippen MR) is 95.5 cm³/mol. The summed E-state index contributed by atoms with van der Waals surface area (Å²) in [5.74, 6) is 1.54. The number of nitrogens with zero attached hydrogens (tertiary/aromatic N) is 2. The Morgan fingerprint density at radius 2 is 1.79 bits per heavy atom. The number of rotatable bonds is 4. The quantitative estimate of drug-likeness (QED) is 0.366. The van der Waals surface area contributed by atoms with E-state index >= 15 is 0 Å². The molecule has 4 bridgehead atoms. The number of thiocarbonyl (C=S) groups is 1. The van der Waals surface area contributed by atoms with Gasteiger partial charge in [0.25, 0.3) is 0 Å². The Balaban J connectivity index is 1.50. The van der Waals surface area contributed by atoms with Crippen LogP contribution < -0.4 is 5.32 Å². The zero-order valence-electron chi connectivity index (χ0n) is 13.7. The maximum Gasteiger partial charge on any atom is 0.247 e. The molecule has 1 aliphatic heterocycles. The summed E-state index contributed by atoms with van der Waals surface area (Å²) in [5.41, 5.74) is 0. The highest BCUT2D eigenvalue weighted by Crippen LogP contribution is 2.54. The van der Waals surface area contributed by atoms with E-state index in [1.54, 1.807) is 12.3 Å². The summed E-state index contributed by atoms with van der Waals surface area (Å²) in [5, 5.41) is 2.76. The van der Waals surface area contributed by atoms with Crippen LogP contribution in [0.3, 0.4) is 0 Å². The third-order valence-electron chi connectivity index (χ3n) is 6.19. The fourth-order valence-corrected chi connectivity index (χ4v) is 5.65. The molecule has 5 aliphatic rings. The summed E-state index contributed by atoms with van der Waals surface area (Å²) in [6.07, 6.45) is 9.68. The first kappa shape index (κ1) is 15.9. The molecular formula is C18H23N3O2S. The molecule has 5 rings (SSSR count). The number of hydrogen-bond acceptors (Lipinski definition) is 4. The fraction of sp³-hybridized carbons (Fsp3) is 0.667. The van der Waals surface area contributed by atoms with Crippen LogP contribution >= 0.6 is 12.2 Å². The summed E-state index contributed by atoms with van der Waals surface area (Å²) >= 11 is 5.07. The van der Waals surface area contributed by atoms with Crippen molar-refractivity contribution >= 4 is 35.4 Å². The highest BCUT2D eigenvalue weighted by molar-refractivity contribution is 7.80. The van der Waals surface area contributed by atoms with Crippen molar-refractivity contribution in [3.63, 3.8) is 0 Å². The Labute approximate surface area is 147 Å². The molecule has 5 fully saturated rings. The average Bonchev–Trinajstić information content (AvgIpc) is 2.52. The molecule has 0 aromatic rings. The molecule has 0 aromatic carbocycles. The van der Waals surface area contributed by atoms with E-state index in [1.165, 1.54) is 37.0 Å². The number of hydrogen-bond donors (Lipinski definition) is 1. The molecule has 1 heterocycles. The highest BCUT2D eigenvalue weighted by Gasteiger charge is 2.48. The van der Waals surface area contributed by atoms with Crippen molar-refractivity contribution < 1.29 is 9.59 Å². The molecule has 4 aliphatic carbocycles. The third-order valence-corrected chi connectivity index (χ3v) is 6.51. The second-order valence-corrected chi connectivity index (χ2v) is 8.12. The third kappa shape index (κ3) is 2.61. The van der Waals surface area contributed by atoms with Crippen molar-refractivity contribution in [3.05, 3.63) is 12.7 Å². The van der Waals surface area contributed by atoms with Gasteiger partial charge in [-0.05, 0) is 68.0 Å². The lowest BCUT2D eigenvalue weighted by Gasteiger charge is -2.53. The molecule has 6 heteroatoms. The average molecular weight is 345 g/mol. The standard InChI is InChI=1S/C18H23N3O2S/c1-2-3-21-17(23)14(16(22)20-18(21)24)9-19-15-12-5-10-4-11(7-12)8-13(15)6-10/h2,9-15H,1,3-8H2,(H,20,22,24)/t10?,11?,12?,13?,14-,15?/m1/s1. The summed E-state index contributed by atoms with van der Waals surface area (Å²) in [6, 6.07) is 0.292. The number of carbonyl (C=O) groups excluding carboxylic acids is 2. The summed E-state index contributed by atoms with van der Waals surface area (Å²) < 4.78 is 0. The number of aliphatic imine (C=N–C) groups is 1. The van der Waals surface area contributed by atoms with E-state index in [2.05, 4.69) is 11.9 Å². The lowest BCUT2D eigenvalue weighted by molar-refractivity contribution is -0.137. The topological polar surface area (TPSA) is 61.8 Å². The number of carbonyl (C=O) groups is 2. The Hall–Kier alpha value is -1.56. The maximum absolute atomic E-state index is 12.6. The van der Waals surface area contributed by atoms with Gasteiger partial charge in [0.2, 0.25) is 11.8 Å². The van der Waals surface area contributed by atoms with E-state index in [0.717, 1.165) is 11.8 Å². The largest absolute Gasteiger partial charge is 0.302 e. The van der Waals surface area contributed by atoms with Crippen molar-refractivity contribution in [3.8, 4) is 0 Å². The number of nitrogens with one attached hydrogen (secondary N) is 1. The van der Waals surface area contributed by atoms with Gasteiger partial charge in [0.1, 0.15) is 0 Å². The van der Waals surface area contributed by atoms with Crippen LogP contribution in [0.2, 0.25) is 0 Å². The molecule has 0 spiro atoms. The molecule has 0 unspecified atom stereocenters. The molecule has 1 atom stereocenters. The molecule has 24 heavy (non-hydrogen) atoms. The molecule has 0 radical (unpaired) electrons.